The molecule has 2 saturated carbocycles. The van der Waals surface area contributed by atoms with E-state index in [0.29, 0.717) is 12.0 Å². The molecule has 4 rings (SSSR count). The minimum Gasteiger partial charge on any atom is -0.463 e. The molecular formula is C28H40O10. The fourth-order valence-corrected chi connectivity index (χ4v) is 6.84. The van der Waals surface area contributed by atoms with E-state index >= 15 is 0 Å². The van der Waals surface area contributed by atoms with Crippen LogP contribution in [-0.2, 0) is 28.5 Å². The summed E-state index contributed by atoms with van der Waals surface area (Å²) >= 11 is 0. The fraction of sp³-hybridized carbons (Fsp3) is 0.714. The minimum absolute atomic E-state index is 0.0106. The summed E-state index contributed by atoms with van der Waals surface area (Å²) in [5.41, 5.74) is 0.605. The number of aliphatic hydroxyl groups is 4. The molecule has 2 aliphatic carbocycles. The zero-order valence-corrected chi connectivity index (χ0v) is 22.2. The van der Waals surface area contributed by atoms with E-state index in [0.717, 1.165) is 24.8 Å². The number of ether oxygens (including phenoxy) is 4. The number of hydrogen-bond acceptors (Lipinski definition) is 10. The van der Waals surface area contributed by atoms with Crippen molar-refractivity contribution in [1.82, 2.24) is 0 Å². The lowest BCUT2D eigenvalue weighted by Gasteiger charge is -2.60. The van der Waals surface area contributed by atoms with E-state index in [1.807, 2.05) is 13.0 Å². The van der Waals surface area contributed by atoms with Gasteiger partial charge in [-0.2, -0.15) is 0 Å². The Bertz CT molecular complexity index is 990. The highest BCUT2D eigenvalue weighted by molar-refractivity contribution is 5.93. The molecule has 2 aliphatic heterocycles. The molecule has 0 aromatic heterocycles. The predicted octanol–water partition coefficient (Wildman–Crippen LogP) is 1.16. The summed E-state index contributed by atoms with van der Waals surface area (Å²) in [6.07, 6.45) is 0.780. The molecule has 2 heterocycles. The Hall–Kier alpha value is -2.08. The van der Waals surface area contributed by atoms with Crippen LogP contribution in [0.4, 0.5) is 0 Å². The largest absolute Gasteiger partial charge is 0.463 e. The van der Waals surface area contributed by atoms with Crippen LogP contribution in [-0.4, -0.2) is 89.0 Å². The van der Waals surface area contributed by atoms with Crippen LogP contribution >= 0.6 is 0 Å². The van der Waals surface area contributed by atoms with Gasteiger partial charge >= 0.3 is 11.9 Å². The van der Waals surface area contributed by atoms with Crippen LogP contribution in [0.1, 0.15) is 46.5 Å². The number of esters is 2. The van der Waals surface area contributed by atoms with Gasteiger partial charge in [-0.15, -0.1) is 0 Å². The van der Waals surface area contributed by atoms with Crippen molar-refractivity contribution in [3.05, 3.63) is 36.0 Å². The first kappa shape index (κ1) is 28.9. The van der Waals surface area contributed by atoms with Gasteiger partial charge in [0.05, 0.1) is 18.3 Å². The van der Waals surface area contributed by atoms with Gasteiger partial charge in [0.1, 0.15) is 37.6 Å². The molecule has 3 fully saturated rings. The van der Waals surface area contributed by atoms with Gasteiger partial charge in [0.25, 0.3) is 0 Å². The van der Waals surface area contributed by atoms with Gasteiger partial charge in [-0.1, -0.05) is 38.2 Å². The summed E-state index contributed by atoms with van der Waals surface area (Å²) in [7, 11) is 0. The third-order valence-corrected chi connectivity index (χ3v) is 9.11. The van der Waals surface area contributed by atoms with E-state index in [4.69, 9.17) is 18.9 Å². The monoisotopic (exact) mass is 536 g/mol. The first-order valence-corrected chi connectivity index (χ1v) is 13.2. The molecule has 38 heavy (non-hydrogen) atoms. The lowest BCUT2D eigenvalue weighted by Crippen LogP contribution is -2.61. The Morgan fingerprint density at radius 3 is 2.58 bits per heavy atom. The number of carbonyl (C=O) groups is 2. The van der Waals surface area contributed by atoms with Gasteiger partial charge in [-0.05, 0) is 43.1 Å². The van der Waals surface area contributed by atoms with Crippen molar-refractivity contribution in [1.29, 1.82) is 0 Å². The standard InChI is InChI=1S/C28H40O10/c1-15-5-8-20-27(3,18(15)7-6-17-10-12-35-25(17)34)11-9-21(30)28(20,4)14-37-26-24(33)23(32)22(31)19(38-26)13-36-16(2)29/h6-7,10,18-24,26,30-33H,1,5,8-9,11-14H2,2-4H3/b7-6+/t18-,19-,20?,21-,22-,23+,24-,26-,27+,28+/m1/s1. The second-order valence-corrected chi connectivity index (χ2v) is 11.5. The zero-order chi connectivity index (χ0) is 27.8. The van der Waals surface area contributed by atoms with E-state index in [1.165, 1.54) is 6.92 Å². The summed E-state index contributed by atoms with van der Waals surface area (Å²) in [6, 6.07) is 0. The van der Waals surface area contributed by atoms with Crippen molar-refractivity contribution < 1.29 is 49.0 Å². The smallest absolute Gasteiger partial charge is 0.338 e. The number of hydrogen-bond donors (Lipinski definition) is 4. The van der Waals surface area contributed by atoms with Crippen LogP contribution in [0, 0.1) is 22.7 Å². The van der Waals surface area contributed by atoms with Crippen LogP contribution in [0.15, 0.2) is 36.0 Å². The maximum atomic E-state index is 11.9. The number of aliphatic hydroxyl groups excluding tert-OH is 4. The normalized spacial score (nSPS) is 43.5. The average molecular weight is 537 g/mol. The van der Waals surface area contributed by atoms with Crippen molar-refractivity contribution in [2.45, 2.75) is 83.3 Å². The quantitative estimate of drug-likeness (QED) is 0.276. The Morgan fingerprint density at radius 1 is 1.18 bits per heavy atom. The maximum Gasteiger partial charge on any atom is 0.338 e. The Morgan fingerprint density at radius 2 is 1.92 bits per heavy atom. The van der Waals surface area contributed by atoms with Crippen LogP contribution in [0.2, 0.25) is 0 Å². The van der Waals surface area contributed by atoms with E-state index in [1.54, 1.807) is 12.2 Å². The third-order valence-electron chi connectivity index (χ3n) is 9.11. The van der Waals surface area contributed by atoms with Crippen molar-refractivity contribution in [3.8, 4) is 0 Å². The van der Waals surface area contributed by atoms with Gasteiger partial charge in [0, 0.05) is 18.3 Å². The second-order valence-electron chi connectivity index (χ2n) is 11.5. The average Bonchev–Trinajstić information content (AvgIpc) is 3.28. The molecule has 0 bridgehead atoms. The van der Waals surface area contributed by atoms with Crippen molar-refractivity contribution in [2.75, 3.05) is 19.8 Å². The molecule has 4 N–H and O–H groups in total. The molecule has 0 aromatic carbocycles. The molecule has 10 atom stereocenters. The van der Waals surface area contributed by atoms with E-state index in [9.17, 15) is 30.0 Å². The molecular weight excluding hydrogens is 496 g/mol. The highest BCUT2D eigenvalue weighted by Gasteiger charge is 2.58. The summed E-state index contributed by atoms with van der Waals surface area (Å²) in [4.78, 5) is 23.2. The first-order chi connectivity index (χ1) is 17.9. The molecule has 4 aliphatic rings. The van der Waals surface area contributed by atoms with Crippen molar-refractivity contribution in [3.63, 3.8) is 0 Å². The van der Waals surface area contributed by atoms with E-state index < -0.39 is 48.2 Å². The van der Waals surface area contributed by atoms with Crippen molar-refractivity contribution >= 4 is 11.9 Å². The lowest BCUT2D eigenvalue weighted by atomic mass is 9.46. The molecule has 0 spiro atoms. The topological polar surface area (TPSA) is 152 Å². The highest BCUT2D eigenvalue weighted by Crippen LogP contribution is 2.61. The van der Waals surface area contributed by atoms with Crippen LogP contribution in [0.5, 0.6) is 0 Å². The number of allylic oxidation sites excluding steroid dienone is 2. The number of carbonyl (C=O) groups excluding carboxylic acids is 2. The van der Waals surface area contributed by atoms with Gasteiger partial charge in [-0.25, -0.2) is 4.79 Å². The molecule has 0 aromatic rings. The zero-order valence-electron chi connectivity index (χ0n) is 22.2. The molecule has 0 radical (unpaired) electrons. The summed E-state index contributed by atoms with van der Waals surface area (Å²) in [5, 5.41) is 42.4. The van der Waals surface area contributed by atoms with Gasteiger partial charge in [-0.3, -0.25) is 4.79 Å². The van der Waals surface area contributed by atoms with Crippen LogP contribution in [0.25, 0.3) is 0 Å². The summed E-state index contributed by atoms with van der Waals surface area (Å²) in [6.45, 7) is 9.68. The van der Waals surface area contributed by atoms with Gasteiger partial charge in [0.2, 0.25) is 0 Å². The molecule has 1 saturated heterocycles. The Labute approximate surface area is 222 Å². The second kappa shape index (κ2) is 11.2. The van der Waals surface area contributed by atoms with Gasteiger partial charge in [0.15, 0.2) is 6.29 Å². The molecule has 212 valence electrons. The molecule has 1 unspecified atom stereocenters. The highest BCUT2D eigenvalue weighted by atomic mass is 16.7. The number of fused-ring (bicyclic) bond motifs is 1. The summed E-state index contributed by atoms with van der Waals surface area (Å²) < 4.78 is 21.7. The van der Waals surface area contributed by atoms with Crippen LogP contribution in [0.3, 0.4) is 0 Å². The summed E-state index contributed by atoms with van der Waals surface area (Å²) in [5.74, 6) is -0.924. The van der Waals surface area contributed by atoms with E-state index in [-0.39, 0.29) is 43.0 Å². The molecule has 10 nitrogen and oxygen atoms in total. The molecule has 0 amide bonds. The third kappa shape index (κ3) is 5.35. The fourth-order valence-electron chi connectivity index (χ4n) is 6.84. The van der Waals surface area contributed by atoms with E-state index in [2.05, 4.69) is 13.5 Å². The SMILES string of the molecule is C=C1CCC2[C@](C)(CO[C@@H]3O[C@H](COC(C)=O)[C@@H](O)[C@H](O)[C@H]3O)[C@H](O)CC[C@@]2(C)[C@@H]1/C=C/C1=CCOC1=O. The Balaban J connectivity index is 1.52. The first-order valence-electron chi connectivity index (χ1n) is 13.2. The number of cyclic esters (lactones) is 1. The minimum atomic E-state index is -1.56. The van der Waals surface area contributed by atoms with Crippen molar-refractivity contribution in [2.24, 2.45) is 22.7 Å². The van der Waals surface area contributed by atoms with Crippen LogP contribution < -0.4 is 0 Å². The molecule has 10 heteroatoms. The maximum absolute atomic E-state index is 11.9. The Kier molecular flexibility index (Phi) is 8.52. The predicted molar refractivity (Wildman–Crippen MR) is 134 cm³/mol. The van der Waals surface area contributed by atoms with Gasteiger partial charge < -0.3 is 39.4 Å². The lowest BCUT2D eigenvalue weighted by molar-refractivity contribution is -0.313. The number of rotatable bonds is 7.